The first-order chi connectivity index (χ1) is 10.3. The summed E-state index contributed by atoms with van der Waals surface area (Å²) in [6, 6.07) is 8.80. The molecule has 1 amide bonds. The third-order valence-corrected chi connectivity index (χ3v) is 4.08. The van der Waals surface area contributed by atoms with Gasteiger partial charge in [0.1, 0.15) is 0 Å². The summed E-state index contributed by atoms with van der Waals surface area (Å²) in [4.78, 5) is 14.4. The number of benzene rings is 1. The van der Waals surface area contributed by atoms with Crippen LogP contribution in [0.1, 0.15) is 36.9 Å². The van der Waals surface area contributed by atoms with Gasteiger partial charge in [0.05, 0.1) is 6.04 Å². The number of hydrogen-bond acceptors (Lipinski definition) is 3. The molecule has 124 valence electrons. The molecule has 1 fully saturated rings. The lowest BCUT2D eigenvalue weighted by molar-refractivity contribution is -0.134. The monoisotopic (exact) mass is 326 g/mol. The van der Waals surface area contributed by atoms with Crippen molar-refractivity contribution in [2.45, 2.75) is 32.2 Å². The number of rotatable bonds is 6. The van der Waals surface area contributed by atoms with Gasteiger partial charge in [-0.05, 0) is 24.0 Å². The van der Waals surface area contributed by atoms with Gasteiger partial charge in [0.25, 0.3) is 0 Å². The molecule has 1 atom stereocenters. The van der Waals surface area contributed by atoms with Crippen LogP contribution < -0.4 is 5.32 Å². The van der Waals surface area contributed by atoms with E-state index < -0.39 is 0 Å². The molecule has 1 saturated heterocycles. The fraction of sp³-hybridized carbons (Fsp3) is 0.588. The van der Waals surface area contributed by atoms with Gasteiger partial charge in [0.15, 0.2) is 0 Å². The molecule has 0 aliphatic carbocycles. The number of halogens is 1. The SMILES string of the molecule is CCc1ccc(C2CNCCN2C(=O)CCCOC)cc1.Cl. The first-order valence-electron chi connectivity index (χ1n) is 7.84. The number of amides is 1. The molecule has 2 rings (SSSR count). The largest absolute Gasteiger partial charge is 0.385 e. The Labute approximate surface area is 139 Å². The van der Waals surface area contributed by atoms with Crippen LogP contribution in [0.2, 0.25) is 0 Å². The number of ether oxygens (including phenoxy) is 1. The molecule has 4 nitrogen and oxygen atoms in total. The normalized spacial score (nSPS) is 17.9. The average molecular weight is 327 g/mol. The molecule has 1 aromatic carbocycles. The highest BCUT2D eigenvalue weighted by atomic mass is 35.5. The van der Waals surface area contributed by atoms with Gasteiger partial charge in [-0.1, -0.05) is 31.2 Å². The Bertz CT molecular complexity index is 450. The number of carbonyl (C=O) groups excluding carboxylic acids is 1. The van der Waals surface area contributed by atoms with Crippen LogP contribution in [0.4, 0.5) is 0 Å². The van der Waals surface area contributed by atoms with Crippen LogP contribution in [-0.4, -0.2) is 44.2 Å². The van der Waals surface area contributed by atoms with Gasteiger partial charge >= 0.3 is 0 Å². The number of hydrogen-bond donors (Lipinski definition) is 1. The molecule has 5 heteroatoms. The van der Waals surface area contributed by atoms with Crippen LogP contribution in [-0.2, 0) is 16.0 Å². The lowest BCUT2D eigenvalue weighted by atomic mass is 10.0. The Morgan fingerprint density at radius 3 is 2.73 bits per heavy atom. The number of methoxy groups -OCH3 is 1. The van der Waals surface area contributed by atoms with Crippen molar-refractivity contribution in [3.8, 4) is 0 Å². The molecule has 0 radical (unpaired) electrons. The van der Waals surface area contributed by atoms with Gasteiger partial charge in [-0.25, -0.2) is 0 Å². The molecular weight excluding hydrogens is 300 g/mol. The minimum absolute atomic E-state index is 0. The van der Waals surface area contributed by atoms with Crippen LogP contribution in [0.5, 0.6) is 0 Å². The summed E-state index contributed by atoms with van der Waals surface area (Å²) in [5, 5.41) is 3.40. The van der Waals surface area contributed by atoms with Gasteiger partial charge in [0, 0.05) is 39.8 Å². The van der Waals surface area contributed by atoms with Gasteiger partial charge in [0.2, 0.25) is 5.91 Å². The van der Waals surface area contributed by atoms with E-state index in [2.05, 4.69) is 36.5 Å². The predicted octanol–water partition coefficient (Wildman–Crippen LogP) is 2.57. The van der Waals surface area contributed by atoms with E-state index >= 15 is 0 Å². The molecular formula is C17H27ClN2O2. The Morgan fingerprint density at radius 2 is 2.09 bits per heavy atom. The molecule has 1 heterocycles. The second kappa shape index (κ2) is 9.82. The fourth-order valence-corrected chi connectivity index (χ4v) is 2.79. The summed E-state index contributed by atoms with van der Waals surface area (Å²) in [5.41, 5.74) is 2.56. The van der Waals surface area contributed by atoms with Gasteiger partial charge in [-0.3, -0.25) is 4.79 Å². The van der Waals surface area contributed by atoms with Crippen molar-refractivity contribution in [1.82, 2.24) is 10.2 Å². The average Bonchev–Trinajstić information content (AvgIpc) is 2.55. The molecule has 1 aliphatic rings. The smallest absolute Gasteiger partial charge is 0.223 e. The number of carbonyl (C=O) groups is 1. The van der Waals surface area contributed by atoms with E-state index in [-0.39, 0.29) is 24.4 Å². The van der Waals surface area contributed by atoms with Crippen LogP contribution in [0.15, 0.2) is 24.3 Å². The van der Waals surface area contributed by atoms with Crippen molar-refractivity contribution < 1.29 is 9.53 Å². The fourth-order valence-electron chi connectivity index (χ4n) is 2.79. The lowest BCUT2D eigenvalue weighted by Crippen LogP contribution is -2.48. The van der Waals surface area contributed by atoms with E-state index in [1.807, 2.05) is 4.90 Å². The quantitative estimate of drug-likeness (QED) is 0.817. The van der Waals surface area contributed by atoms with Crippen molar-refractivity contribution in [1.29, 1.82) is 0 Å². The Hall–Kier alpha value is -1.10. The maximum atomic E-state index is 12.4. The van der Waals surface area contributed by atoms with E-state index in [1.54, 1.807) is 7.11 Å². The van der Waals surface area contributed by atoms with Crippen molar-refractivity contribution in [2.24, 2.45) is 0 Å². The van der Waals surface area contributed by atoms with E-state index in [4.69, 9.17) is 4.74 Å². The molecule has 1 N–H and O–H groups in total. The minimum atomic E-state index is 0. The highest BCUT2D eigenvalue weighted by Gasteiger charge is 2.27. The molecule has 22 heavy (non-hydrogen) atoms. The van der Waals surface area contributed by atoms with Gasteiger partial charge in [-0.2, -0.15) is 0 Å². The second-order valence-corrected chi connectivity index (χ2v) is 5.50. The highest BCUT2D eigenvalue weighted by Crippen LogP contribution is 2.23. The topological polar surface area (TPSA) is 41.6 Å². The maximum Gasteiger partial charge on any atom is 0.223 e. The lowest BCUT2D eigenvalue weighted by Gasteiger charge is -2.36. The molecule has 1 unspecified atom stereocenters. The summed E-state index contributed by atoms with van der Waals surface area (Å²) in [5.74, 6) is 0.234. The van der Waals surface area contributed by atoms with Crippen LogP contribution in [0.25, 0.3) is 0 Å². The Balaban J connectivity index is 0.00000242. The summed E-state index contributed by atoms with van der Waals surface area (Å²) in [6.45, 7) is 5.30. The molecule has 0 aromatic heterocycles. The summed E-state index contributed by atoms with van der Waals surface area (Å²) in [6.07, 6.45) is 2.40. The third kappa shape index (κ3) is 4.97. The van der Waals surface area contributed by atoms with E-state index in [1.165, 1.54) is 11.1 Å². The van der Waals surface area contributed by atoms with Gasteiger partial charge in [-0.15, -0.1) is 12.4 Å². The standard InChI is InChI=1S/C17H26N2O2.ClH/c1-3-14-6-8-15(9-7-14)16-13-18-10-11-19(16)17(20)5-4-12-21-2;/h6-9,16,18H,3-5,10-13H2,1-2H3;1H. The summed E-state index contributed by atoms with van der Waals surface area (Å²) >= 11 is 0. The first kappa shape index (κ1) is 18.9. The maximum absolute atomic E-state index is 12.4. The molecule has 0 spiro atoms. The number of nitrogens with one attached hydrogen (secondary N) is 1. The second-order valence-electron chi connectivity index (χ2n) is 5.50. The summed E-state index contributed by atoms with van der Waals surface area (Å²) < 4.78 is 5.03. The van der Waals surface area contributed by atoms with E-state index in [9.17, 15) is 4.79 Å². The predicted molar refractivity (Wildman–Crippen MR) is 91.5 cm³/mol. The highest BCUT2D eigenvalue weighted by molar-refractivity contribution is 5.85. The molecule has 1 aliphatic heterocycles. The Kier molecular flexibility index (Phi) is 8.46. The number of piperazine rings is 1. The zero-order valence-corrected chi connectivity index (χ0v) is 14.3. The minimum Gasteiger partial charge on any atom is -0.385 e. The van der Waals surface area contributed by atoms with Crippen LogP contribution in [0.3, 0.4) is 0 Å². The van der Waals surface area contributed by atoms with Crippen molar-refractivity contribution >= 4 is 18.3 Å². The van der Waals surface area contributed by atoms with Crippen LogP contribution >= 0.6 is 12.4 Å². The van der Waals surface area contributed by atoms with E-state index in [0.29, 0.717) is 13.0 Å². The van der Waals surface area contributed by atoms with Crippen molar-refractivity contribution in [3.63, 3.8) is 0 Å². The van der Waals surface area contributed by atoms with E-state index in [0.717, 1.165) is 32.5 Å². The Morgan fingerprint density at radius 1 is 1.36 bits per heavy atom. The molecule has 0 bridgehead atoms. The van der Waals surface area contributed by atoms with Crippen molar-refractivity contribution in [3.05, 3.63) is 35.4 Å². The number of aryl methyl sites for hydroxylation is 1. The third-order valence-electron chi connectivity index (χ3n) is 4.08. The molecule has 1 aromatic rings. The first-order valence-corrected chi connectivity index (χ1v) is 7.84. The van der Waals surface area contributed by atoms with Crippen molar-refractivity contribution in [2.75, 3.05) is 33.4 Å². The van der Waals surface area contributed by atoms with Gasteiger partial charge < -0.3 is 15.0 Å². The summed E-state index contributed by atoms with van der Waals surface area (Å²) in [7, 11) is 1.67. The number of nitrogens with zero attached hydrogens (tertiary/aromatic N) is 1. The zero-order chi connectivity index (χ0) is 15.1. The molecule has 0 saturated carbocycles. The van der Waals surface area contributed by atoms with Crippen LogP contribution in [0, 0.1) is 0 Å². The zero-order valence-electron chi connectivity index (χ0n) is 13.5.